The molecule has 35 heavy (non-hydrogen) atoms. The first-order valence-corrected chi connectivity index (χ1v) is 11.9. The molecule has 2 fully saturated rings. The molecule has 0 atom stereocenters. The van der Waals surface area contributed by atoms with Crippen molar-refractivity contribution in [3.8, 4) is 17.2 Å². The van der Waals surface area contributed by atoms with Crippen LogP contribution in [-0.4, -0.2) is 78.1 Å². The van der Waals surface area contributed by atoms with Crippen LogP contribution in [0.2, 0.25) is 0 Å². The first-order chi connectivity index (χ1) is 17.2. The van der Waals surface area contributed by atoms with Gasteiger partial charge in [0.1, 0.15) is 17.1 Å². The number of likely N-dealkylation sites (tertiary alicyclic amines) is 1. The first-order valence-electron chi connectivity index (χ1n) is 11.9. The van der Waals surface area contributed by atoms with E-state index in [1.165, 1.54) is 0 Å². The van der Waals surface area contributed by atoms with Crippen LogP contribution >= 0.6 is 0 Å². The van der Waals surface area contributed by atoms with Crippen LogP contribution in [0.5, 0.6) is 5.75 Å². The minimum absolute atomic E-state index is 0.0428. The number of rotatable bonds is 5. The third kappa shape index (κ3) is 4.21. The van der Waals surface area contributed by atoms with E-state index in [0.29, 0.717) is 28.6 Å². The van der Waals surface area contributed by atoms with Gasteiger partial charge in [-0.25, -0.2) is 9.97 Å². The fraction of sp³-hybridized carbons (Fsp3) is 0.296. The topological polar surface area (TPSA) is 74.9 Å². The normalized spacial score (nSPS) is 16.9. The van der Waals surface area contributed by atoms with E-state index < -0.39 is 0 Å². The highest BCUT2D eigenvalue weighted by Crippen LogP contribution is 2.28. The molecule has 4 aromatic rings. The average Bonchev–Trinajstić information content (AvgIpc) is 3.32. The number of pyridine rings is 1. The fourth-order valence-electron chi connectivity index (χ4n) is 4.83. The Labute approximate surface area is 203 Å². The Kier molecular flexibility index (Phi) is 5.58. The molecule has 178 valence electrons. The van der Waals surface area contributed by atoms with Gasteiger partial charge in [0.05, 0.1) is 7.11 Å². The summed E-state index contributed by atoms with van der Waals surface area (Å²) in [5, 5.41) is 0. The van der Waals surface area contributed by atoms with Crippen LogP contribution in [0, 0.1) is 0 Å². The molecule has 6 rings (SSSR count). The lowest BCUT2D eigenvalue weighted by molar-refractivity contribution is 0.0246. The van der Waals surface area contributed by atoms with Crippen molar-refractivity contribution >= 4 is 22.8 Å². The van der Waals surface area contributed by atoms with Gasteiger partial charge in [-0.2, -0.15) is 0 Å². The summed E-state index contributed by atoms with van der Waals surface area (Å²) < 4.78 is 11.2. The number of oxazole rings is 1. The number of nitrogens with zero attached hydrogens (tertiary/aromatic N) is 5. The number of amides is 1. The number of piperazine rings is 1. The Morgan fingerprint density at radius 3 is 2.63 bits per heavy atom. The van der Waals surface area contributed by atoms with Crippen molar-refractivity contribution in [2.24, 2.45) is 0 Å². The second-order valence-electron chi connectivity index (χ2n) is 9.01. The van der Waals surface area contributed by atoms with Crippen molar-refractivity contribution in [3.05, 3.63) is 72.4 Å². The van der Waals surface area contributed by atoms with Crippen molar-refractivity contribution < 1.29 is 13.9 Å². The smallest absolute Gasteiger partial charge is 0.254 e. The van der Waals surface area contributed by atoms with E-state index in [-0.39, 0.29) is 5.91 Å². The molecule has 2 aliphatic heterocycles. The summed E-state index contributed by atoms with van der Waals surface area (Å²) in [5.74, 6) is 2.33. The lowest BCUT2D eigenvalue weighted by Crippen LogP contribution is -2.64. The molecule has 0 saturated carbocycles. The van der Waals surface area contributed by atoms with Gasteiger partial charge >= 0.3 is 0 Å². The average molecular weight is 470 g/mol. The number of carbonyl (C=O) groups is 1. The van der Waals surface area contributed by atoms with Gasteiger partial charge in [0.2, 0.25) is 5.89 Å². The number of anilines is 1. The summed E-state index contributed by atoms with van der Waals surface area (Å²) >= 11 is 0. The zero-order chi connectivity index (χ0) is 23.8. The number of aromatic nitrogens is 2. The van der Waals surface area contributed by atoms with Crippen LogP contribution in [0.1, 0.15) is 10.4 Å². The van der Waals surface area contributed by atoms with Crippen LogP contribution in [0.4, 0.5) is 5.82 Å². The minimum atomic E-state index is 0.0428. The molecule has 0 aliphatic carbocycles. The summed E-state index contributed by atoms with van der Waals surface area (Å²) in [6, 6.07) is 19.5. The van der Waals surface area contributed by atoms with Gasteiger partial charge in [-0.1, -0.05) is 12.1 Å². The van der Waals surface area contributed by atoms with Crippen LogP contribution in [0.15, 0.2) is 71.3 Å². The molecule has 0 unspecified atom stereocenters. The Bertz CT molecular complexity index is 1340. The second-order valence-corrected chi connectivity index (χ2v) is 9.01. The minimum Gasteiger partial charge on any atom is -0.497 e. The zero-order valence-corrected chi connectivity index (χ0v) is 19.6. The van der Waals surface area contributed by atoms with E-state index in [9.17, 15) is 4.79 Å². The lowest BCUT2D eigenvalue weighted by Gasteiger charge is -2.48. The van der Waals surface area contributed by atoms with Crippen molar-refractivity contribution in [2.75, 3.05) is 51.3 Å². The molecule has 2 aromatic heterocycles. The lowest BCUT2D eigenvalue weighted by atomic mass is 10.0. The van der Waals surface area contributed by atoms with Crippen LogP contribution < -0.4 is 9.64 Å². The largest absolute Gasteiger partial charge is 0.497 e. The number of benzene rings is 2. The summed E-state index contributed by atoms with van der Waals surface area (Å²) in [6.45, 7) is 5.41. The van der Waals surface area contributed by atoms with Gasteiger partial charge in [-0.3, -0.25) is 9.69 Å². The van der Waals surface area contributed by atoms with E-state index >= 15 is 0 Å². The Morgan fingerprint density at radius 1 is 1.00 bits per heavy atom. The van der Waals surface area contributed by atoms with Gasteiger partial charge in [0.15, 0.2) is 5.58 Å². The molecule has 2 aromatic carbocycles. The summed E-state index contributed by atoms with van der Waals surface area (Å²) in [5.41, 5.74) is 2.81. The highest BCUT2D eigenvalue weighted by Gasteiger charge is 2.36. The molecule has 2 saturated heterocycles. The molecule has 8 nitrogen and oxygen atoms in total. The summed E-state index contributed by atoms with van der Waals surface area (Å²) in [7, 11) is 1.63. The molecule has 0 N–H and O–H groups in total. The van der Waals surface area contributed by atoms with E-state index in [0.717, 1.165) is 56.4 Å². The maximum Gasteiger partial charge on any atom is 0.254 e. The molecule has 0 spiro atoms. The van der Waals surface area contributed by atoms with Crippen molar-refractivity contribution in [3.63, 3.8) is 0 Å². The van der Waals surface area contributed by atoms with Gasteiger partial charge in [0.25, 0.3) is 5.91 Å². The van der Waals surface area contributed by atoms with Gasteiger partial charge in [-0.15, -0.1) is 0 Å². The standard InChI is InChI=1S/C27H27N5O3/c1-34-22-6-4-5-19(15-22)26-29-23-16-20(8-9-24(23)35-26)27(33)32-17-21(18-32)30-11-13-31(14-12-30)25-7-2-3-10-28-25/h2-10,15-16,21H,11-14,17-18H2,1H3. The van der Waals surface area contributed by atoms with Gasteiger partial charge in [0, 0.05) is 62.6 Å². The van der Waals surface area contributed by atoms with Crippen LogP contribution in [0.25, 0.3) is 22.6 Å². The highest BCUT2D eigenvalue weighted by atomic mass is 16.5. The van der Waals surface area contributed by atoms with Crippen molar-refractivity contribution in [2.45, 2.75) is 6.04 Å². The number of hydrogen-bond donors (Lipinski definition) is 0. The SMILES string of the molecule is COc1cccc(-c2nc3cc(C(=O)N4CC(N5CCN(c6ccccn6)CC5)C4)ccc3o2)c1. The van der Waals surface area contributed by atoms with E-state index in [1.54, 1.807) is 7.11 Å². The molecule has 4 heterocycles. The number of fused-ring (bicyclic) bond motifs is 1. The zero-order valence-electron chi connectivity index (χ0n) is 19.6. The Balaban J connectivity index is 1.08. The maximum atomic E-state index is 13.1. The van der Waals surface area contributed by atoms with Crippen LogP contribution in [0.3, 0.4) is 0 Å². The van der Waals surface area contributed by atoms with Crippen molar-refractivity contribution in [1.82, 2.24) is 19.8 Å². The van der Waals surface area contributed by atoms with E-state index in [1.807, 2.05) is 65.7 Å². The number of methoxy groups -OCH3 is 1. The molecular weight excluding hydrogens is 442 g/mol. The molecule has 1 amide bonds. The second kappa shape index (κ2) is 9.03. The Hall–Kier alpha value is -3.91. The molecule has 2 aliphatic rings. The third-order valence-corrected chi connectivity index (χ3v) is 6.90. The number of hydrogen-bond acceptors (Lipinski definition) is 7. The first kappa shape index (κ1) is 21.6. The number of carbonyl (C=O) groups excluding carboxylic acids is 1. The van der Waals surface area contributed by atoms with Crippen molar-refractivity contribution in [1.29, 1.82) is 0 Å². The summed E-state index contributed by atoms with van der Waals surface area (Å²) in [6.07, 6.45) is 1.84. The molecule has 0 bridgehead atoms. The predicted molar refractivity (Wildman–Crippen MR) is 134 cm³/mol. The molecule has 8 heteroatoms. The van der Waals surface area contributed by atoms with Gasteiger partial charge in [-0.05, 0) is 48.5 Å². The predicted octanol–water partition coefficient (Wildman–Crippen LogP) is 3.55. The van der Waals surface area contributed by atoms with Crippen LogP contribution in [-0.2, 0) is 0 Å². The van der Waals surface area contributed by atoms with E-state index in [4.69, 9.17) is 9.15 Å². The maximum absolute atomic E-state index is 13.1. The van der Waals surface area contributed by atoms with Gasteiger partial charge < -0.3 is 19.0 Å². The third-order valence-electron chi connectivity index (χ3n) is 6.90. The monoisotopic (exact) mass is 469 g/mol. The highest BCUT2D eigenvalue weighted by molar-refractivity contribution is 5.97. The fourth-order valence-corrected chi connectivity index (χ4v) is 4.83. The summed E-state index contributed by atoms with van der Waals surface area (Å²) in [4.78, 5) is 28.9. The number of ether oxygens (including phenoxy) is 1. The molecular formula is C27H27N5O3. The molecule has 0 radical (unpaired) electrons. The quantitative estimate of drug-likeness (QED) is 0.443. The van der Waals surface area contributed by atoms with E-state index in [2.05, 4.69) is 25.8 Å². The Morgan fingerprint density at radius 2 is 1.86 bits per heavy atom.